The van der Waals surface area contributed by atoms with Gasteiger partial charge in [-0.05, 0) is 50.5 Å². The second kappa shape index (κ2) is 7.25. The van der Waals surface area contributed by atoms with Gasteiger partial charge in [-0.2, -0.15) is 5.10 Å². The fraction of sp³-hybridized carbons (Fsp3) is 0.682. The molecule has 0 bridgehead atoms. The molecule has 1 saturated heterocycles. The molecule has 0 aromatic carbocycles. The SMILES string of the molecule is CC(C)c1cc(C(=O)N2CC[C@@H]3CCCC[C@@H]3C2)c2cnn(C(C)C)c2n1. The van der Waals surface area contributed by atoms with Crippen molar-refractivity contribution in [3.63, 3.8) is 0 Å². The smallest absolute Gasteiger partial charge is 0.254 e. The number of piperidine rings is 1. The molecule has 1 saturated carbocycles. The van der Waals surface area contributed by atoms with Crippen LogP contribution in [0.4, 0.5) is 0 Å². The Balaban J connectivity index is 1.70. The van der Waals surface area contributed by atoms with Crippen molar-refractivity contribution in [1.82, 2.24) is 19.7 Å². The molecule has 146 valence electrons. The molecule has 5 nitrogen and oxygen atoms in total. The Labute approximate surface area is 162 Å². The van der Waals surface area contributed by atoms with Crippen molar-refractivity contribution in [2.24, 2.45) is 11.8 Å². The minimum absolute atomic E-state index is 0.164. The number of hydrogen-bond acceptors (Lipinski definition) is 3. The van der Waals surface area contributed by atoms with Crippen LogP contribution in [0.15, 0.2) is 12.3 Å². The van der Waals surface area contributed by atoms with Crippen LogP contribution in [0.5, 0.6) is 0 Å². The molecule has 2 aromatic rings. The summed E-state index contributed by atoms with van der Waals surface area (Å²) in [4.78, 5) is 20.4. The Hall–Kier alpha value is -1.91. The number of carbonyl (C=O) groups is 1. The topological polar surface area (TPSA) is 51.0 Å². The summed E-state index contributed by atoms with van der Waals surface area (Å²) in [6.07, 6.45) is 8.31. The summed E-state index contributed by atoms with van der Waals surface area (Å²) in [6.45, 7) is 10.3. The minimum atomic E-state index is 0.164. The molecule has 4 rings (SSSR count). The van der Waals surface area contributed by atoms with E-state index in [4.69, 9.17) is 4.98 Å². The van der Waals surface area contributed by atoms with E-state index in [0.29, 0.717) is 5.92 Å². The first-order chi connectivity index (χ1) is 13.0. The second-order valence-electron chi connectivity index (χ2n) is 9.01. The zero-order valence-electron chi connectivity index (χ0n) is 17.1. The average molecular weight is 369 g/mol. The number of hydrogen-bond donors (Lipinski definition) is 0. The first-order valence-corrected chi connectivity index (χ1v) is 10.6. The van der Waals surface area contributed by atoms with Crippen LogP contribution in [0, 0.1) is 11.8 Å². The largest absolute Gasteiger partial charge is 0.338 e. The van der Waals surface area contributed by atoms with Crippen molar-refractivity contribution in [2.75, 3.05) is 13.1 Å². The van der Waals surface area contributed by atoms with Crippen molar-refractivity contribution >= 4 is 16.9 Å². The zero-order valence-corrected chi connectivity index (χ0v) is 17.1. The number of rotatable bonds is 3. The number of nitrogens with zero attached hydrogens (tertiary/aromatic N) is 4. The third-order valence-electron chi connectivity index (χ3n) is 6.48. The molecule has 0 unspecified atom stereocenters. The average Bonchev–Trinajstić information content (AvgIpc) is 3.10. The molecule has 0 radical (unpaired) electrons. The van der Waals surface area contributed by atoms with E-state index in [1.54, 1.807) is 0 Å². The Morgan fingerprint density at radius 2 is 1.85 bits per heavy atom. The molecule has 27 heavy (non-hydrogen) atoms. The summed E-state index contributed by atoms with van der Waals surface area (Å²) in [5, 5.41) is 5.42. The van der Waals surface area contributed by atoms with E-state index in [1.165, 1.54) is 25.7 Å². The van der Waals surface area contributed by atoms with E-state index in [9.17, 15) is 4.79 Å². The predicted molar refractivity (Wildman–Crippen MR) is 108 cm³/mol. The number of fused-ring (bicyclic) bond motifs is 2. The van der Waals surface area contributed by atoms with Crippen molar-refractivity contribution < 1.29 is 4.79 Å². The zero-order chi connectivity index (χ0) is 19.1. The third-order valence-corrected chi connectivity index (χ3v) is 6.48. The van der Waals surface area contributed by atoms with Gasteiger partial charge in [-0.15, -0.1) is 0 Å². The number of carbonyl (C=O) groups excluding carboxylic acids is 1. The van der Waals surface area contributed by atoms with Crippen molar-refractivity contribution in [3.8, 4) is 0 Å². The van der Waals surface area contributed by atoms with Crippen LogP contribution < -0.4 is 0 Å². The number of likely N-dealkylation sites (tertiary alicyclic amines) is 1. The van der Waals surface area contributed by atoms with Gasteiger partial charge in [-0.3, -0.25) is 4.79 Å². The van der Waals surface area contributed by atoms with Crippen LogP contribution in [-0.4, -0.2) is 38.7 Å². The third kappa shape index (κ3) is 3.37. The maximum atomic E-state index is 13.5. The summed E-state index contributed by atoms with van der Waals surface area (Å²) < 4.78 is 1.94. The molecule has 1 aliphatic carbocycles. The highest BCUT2D eigenvalue weighted by Gasteiger charge is 2.34. The van der Waals surface area contributed by atoms with E-state index in [1.807, 2.05) is 16.9 Å². The van der Waals surface area contributed by atoms with Gasteiger partial charge in [0.05, 0.1) is 17.1 Å². The van der Waals surface area contributed by atoms with E-state index in [-0.39, 0.29) is 17.9 Å². The quantitative estimate of drug-likeness (QED) is 0.783. The van der Waals surface area contributed by atoms with Crippen LogP contribution in [0.2, 0.25) is 0 Å². The van der Waals surface area contributed by atoms with Crippen LogP contribution in [0.3, 0.4) is 0 Å². The van der Waals surface area contributed by atoms with Gasteiger partial charge in [0.15, 0.2) is 5.65 Å². The normalized spacial score (nSPS) is 23.3. The number of pyridine rings is 1. The molecule has 0 spiro atoms. The van der Waals surface area contributed by atoms with Crippen LogP contribution >= 0.6 is 0 Å². The van der Waals surface area contributed by atoms with Gasteiger partial charge in [-0.1, -0.05) is 33.1 Å². The minimum Gasteiger partial charge on any atom is -0.338 e. The lowest BCUT2D eigenvalue weighted by Gasteiger charge is -2.41. The van der Waals surface area contributed by atoms with Crippen molar-refractivity contribution in [3.05, 3.63) is 23.5 Å². The molecule has 2 fully saturated rings. The molecule has 1 aliphatic heterocycles. The van der Waals surface area contributed by atoms with Crippen molar-refractivity contribution in [2.45, 2.75) is 71.8 Å². The van der Waals surface area contributed by atoms with E-state index < -0.39 is 0 Å². The monoisotopic (exact) mass is 368 g/mol. The van der Waals surface area contributed by atoms with Gasteiger partial charge < -0.3 is 4.90 Å². The first kappa shape index (κ1) is 18.5. The van der Waals surface area contributed by atoms with E-state index in [2.05, 4.69) is 37.7 Å². The second-order valence-corrected chi connectivity index (χ2v) is 9.01. The lowest BCUT2D eigenvalue weighted by atomic mass is 9.75. The first-order valence-electron chi connectivity index (χ1n) is 10.6. The molecular weight excluding hydrogens is 336 g/mol. The molecule has 2 atom stereocenters. The summed E-state index contributed by atoms with van der Waals surface area (Å²) >= 11 is 0. The highest BCUT2D eigenvalue weighted by atomic mass is 16.2. The van der Waals surface area contributed by atoms with Gasteiger partial charge in [0.1, 0.15) is 0 Å². The maximum absolute atomic E-state index is 13.5. The summed E-state index contributed by atoms with van der Waals surface area (Å²) in [5.41, 5.74) is 2.60. The Morgan fingerprint density at radius 3 is 2.56 bits per heavy atom. The maximum Gasteiger partial charge on any atom is 0.254 e. The molecule has 2 aromatic heterocycles. The van der Waals surface area contributed by atoms with Gasteiger partial charge >= 0.3 is 0 Å². The summed E-state index contributed by atoms with van der Waals surface area (Å²) in [6, 6.07) is 2.23. The van der Waals surface area contributed by atoms with Gasteiger partial charge in [-0.25, -0.2) is 9.67 Å². The fourth-order valence-electron chi connectivity index (χ4n) is 4.84. The molecule has 3 heterocycles. The van der Waals surface area contributed by atoms with Gasteiger partial charge in [0.2, 0.25) is 0 Å². The highest BCUT2D eigenvalue weighted by Crippen LogP contribution is 2.37. The predicted octanol–water partition coefficient (Wildman–Crippen LogP) is 4.79. The van der Waals surface area contributed by atoms with Gasteiger partial charge in [0, 0.05) is 24.8 Å². The standard InChI is InChI=1S/C22H32N4O/c1-14(2)20-11-18(19-12-23-26(15(3)4)21(19)24-20)22(27)25-10-9-16-7-5-6-8-17(16)13-25/h11-12,14-17H,5-10,13H2,1-4H3/t16-,17+/m0/s1. The summed E-state index contributed by atoms with van der Waals surface area (Å²) in [7, 11) is 0. The fourth-order valence-corrected chi connectivity index (χ4v) is 4.84. The molecule has 5 heteroatoms. The van der Waals surface area contributed by atoms with Crippen LogP contribution in [0.25, 0.3) is 11.0 Å². The molecular formula is C22H32N4O. The number of amides is 1. The molecule has 0 N–H and O–H groups in total. The van der Waals surface area contributed by atoms with Crippen LogP contribution in [0.1, 0.15) is 87.8 Å². The summed E-state index contributed by atoms with van der Waals surface area (Å²) in [5.74, 6) is 1.96. The van der Waals surface area contributed by atoms with Crippen LogP contribution in [-0.2, 0) is 0 Å². The Bertz CT molecular complexity index is 838. The lowest BCUT2D eigenvalue weighted by molar-refractivity contribution is 0.0522. The van der Waals surface area contributed by atoms with Gasteiger partial charge in [0.25, 0.3) is 5.91 Å². The Morgan fingerprint density at radius 1 is 1.11 bits per heavy atom. The molecule has 2 aliphatic rings. The highest BCUT2D eigenvalue weighted by molar-refractivity contribution is 6.05. The van der Waals surface area contributed by atoms with E-state index in [0.717, 1.165) is 47.7 Å². The van der Waals surface area contributed by atoms with Crippen molar-refractivity contribution in [1.29, 1.82) is 0 Å². The number of aromatic nitrogens is 3. The lowest BCUT2D eigenvalue weighted by Crippen LogP contribution is -2.44. The molecule has 1 amide bonds. The van der Waals surface area contributed by atoms with E-state index >= 15 is 0 Å². The Kier molecular flexibility index (Phi) is 4.95.